The molecule has 1 aromatic heterocycles. The quantitative estimate of drug-likeness (QED) is 0.754. The number of thiazole rings is 1. The summed E-state index contributed by atoms with van der Waals surface area (Å²) < 4.78 is 5.44. The minimum atomic E-state index is 0.143. The molecule has 90 valence electrons. The molecule has 1 fully saturated rings. The van der Waals surface area contributed by atoms with Crippen molar-refractivity contribution < 1.29 is 4.74 Å². The highest BCUT2D eigenvalue weighted by Crippen LogP contribution is 2.30. The monoisotopic (exact) mass is 240 g/mol. The Balaban J connectivity index is 2.18. The average Bonchev–Trinajstić information content (AvgIpc) is 2.66. The van der Waals surface area contributed by atoms with E-state index in [-0.39, 0.29) is 5.41 Å². The molecule has 0 aromatic carbocycles. The summed E-state index contributed by atoms with van der Waals surface area (Å²) in [5.41, 5.74) is 1.33. The van der Waals surface area contributed by atoms with Crippen LogP contribution in [-0.4, -0.2) is 30.8 Å². The van der Waals surface area contributed by atoms with E-state index >= 15 is 0 Å². The Labute approximate surface area is 101 Å². The number of aromatic nitrogens is 1. The summed E-state index contributed by atoms with van der Waals surface area (Å²) in [6, 6.07) is 0.438. The van der Waals surface area contributed by atoms with E-state index in [0.29, 0.717) is 6.04 Å². The predicted molar refractivity (Wildman–Crippen MR) is 68.4 cm³/mol. The molecule has 0 bridgehead atoms. The third kappa shape index (κ3) is 2.38. The molecule has 1 unspecified atom stereocenters. The lowest BCUT2D eigenvalue weighted by molar-refractivity contribution is 0.0989. The van der Waals surface area contributed by atoms with E-state index in [1.807, 2.05) is 0 Å². The summed E-state index contributed by atoms with van der Waals surface area (Å²) in [4.78, 5) is 7.10. The number of ether oxygens (including phenoxy) is 1. The van der Waals surface area contributed by atoms with Crippen LogP contribution in [0.4, 0.5) is 5.13 Å². The molecule has 16 heavy (non-hydrogen) atoms. The van der Waals surface area contributed by atoms with Crippen LogP contribution in [-0.2, 0) is 10.2 Å². The first-order chi connectivity index (χ1) is 7.48. The molecule has 1 saturated heterocycles. The first-order valence-electron chi connectivity index (χ1n) is 5.79. The van der Waals surface area contributed by atoms with E-state index in [1.165, 1.54) is 5.69 Å². The zero-order valence-corrected chi connectivity index (χ0v) is 11.3. The molecule has 3 nitrogen and oxygen atoms in total. The normalized spacial score (nSPS) is 22.5. The van der Waals surface area contributed by atoms with Crippen LogP contribution in [0.3, 0.4) is 0 Å². The molecule has 0 saturated carbocycles. The van der Waals surface area contributed by atoms with E-state index < -0.39 is 0 Å². The van der Waals surface area contributed by atoms with Gasteiger partial charge >= 0.3 is 0 Å². The predicted octanol–water partition coefficient (Wildman–Crippen LogP) is 2.67. The number of anilines is 1. The Hall–Kier alpha value is -0.610. The molecular weight excluding hydrogens is 220 g/mol. The van der Waals surface area contributed by atoms with E-state index in [9.17, 15) is 0 Å². The molecule has 0 amide bonds. The molecular formula is C12H20N2OS. The van der Waals surface area contributed by atoms with Gasteiger partial charge in [0, 0.05) is 17.3 Å². The van der Waals surface area contributed by atoms with Crippen molar-refractivity contribution in [1.29, 1.82) is 0 Å². The number of nitrogens with zero attached hydrogens (tertiary/aromatic N) is 2. The zero-order chi connectivity index (χ0) is 11.8. The van der Waals surface area contributed by atoms with Gasteiger partial charge in [0.05, 0.1) is 24.9 Å². The minimum absolute atomic E-state index is 0.143. The van der Waals surface area contributed by atoms with Crippen molar-refractivity contribution in [2.45, 2.75) is 39.2 Å². The molecule has 1 aliphatic rings. The van der Waals surface area contributed by atoms with E-state index in [2.05, 4.69) is 38.0 Å². The van der Waals surface area contributed by atoms with Crippen molar-refractivity contribution in [3.8, 4) is 0 Å². The standard InChI is InChI=1S/C12H20N2OS/c1-9-7-15-6-5-14(9)11-13-10(8-16-11)12(2,3)4/h8-9H,5-7H2,1-4H3. The summed E-state index contributed by atoms with van der Waals surface area (Å²) in [6.45, 7) is 11.4. The van der Waals surface area contributed by atoms with Gasteiger partial charge in [-0.1, -0.05) is 20.8 Å². The Morgan fingerprint density at radius 1 is 1.50 bits per heavy atom. The fourth-order valence-electron chi connectivity index (χ4n) is 1.75. The third-order valence-corrected chi connectivity index (χ3v) is 3.75. The lowest BCUT2D eigenvalue weighted by Gasteiger charge is -2.33. The molecule has 2 rings (SSSR count). The van der Waals surface area contributed by atoms with Gasteiger partial charge < -0.3 is 9.64 Å². The van der Waals surface area contributed by atoms with Gasteiger partial charge in [-0.2, -0.15) is 0 Å². The maximum absolute atomic E-state index is 5.44. The Morgan fingerprint density at radius 3 is 2.81 bits per heavy atom. The summed E-state index contributed by atoms with van der Waals surface area (Å²) in [5.74, 6) is 0. The summed E-state index contributed by atoms with van der Waals surface area (Å²) in [5, 5.41) is 3.32. The second-order valence-corrected chi connectivity index (χ2v) is 6.22. The van der Waals surface area contributed by atoms with Gasteiger partial charge in [-0.05, 0) is 6.92 Å². The number of rotatable bonds is 1. The molecule has 2 heterocycles. The molecule has 4 heteroatoms. The molecule has 1 aliphatic heterocycles. The van der Waals surface area contributed by atoms with Crippen molar-refractivity contribution in [1.82, 2.24) is 4.98 Å². The average molecular weight is 240 g/mol. The fraction of sp³-hybridized carbons (Fsp3) is 0.750. The van der Waals surface area contributed by atoms with Crippen molar-refractivity contribution in [3.05, 3.63) is 11.1 Å². The van der Waals surface area contributed by atoms with Crippen molar-refractivity contribution in [2.75, 3.05) is 24.7 Å². The Kier molecular flexibility index (Phi) is 3.22. The zero-order valence-electron chi connectivity index (χ0n) is 10.5. The van der Waals surface area contributed by atoms with Crippen molar-refractivity contribution in [2.24, 2.45) is 0 Å². The number of hydrogen-bond acceptors (Lipinski definition) is 4. The molecule has 1 aromatic rings. The van der Waals surface area contributed by atoms with Gasteiger partial charge in [0.15, 0.2) is 5.13 Å². The highest BCUT2D eigenvalue weighted by Gasteiger charge is 2.24. The van der Waals surface area contributed by atoms with Gasteiger partial charge in [0.1, 0.15) is 0 Å². The Bertz CT molecular complexity index is 356. The highest BCUT2D eigenvalue weighted by molar-refractivity contribution is 7.13. The van der Waals surface area contributed by atoms with Gasteiger partial charge in [-0.15, -0.1) is 11.3 Å². The SMILES string of the molecule is CC1COCCN1c1nc(C(C)(C)C)cs1. The molecule has 0 radical (unpaired) electrons. The van der Waals surface area contributed by atoms with Gasteiger partial charge in [-0.25, -0.2) is 4.98 Å². The molecule has 1 atom stereocenters. The van der Waals surface area contributed by atoms with Crippen LogP contribution >= 0.6 is 11.3 Å². The molecule has 0 spiro atoms. The van der Waals surface area contributed by atoms with Crippen LogP contribution in [0, 0.1) is 0 Å². The summed E-state index contributed by atoms with van der Waals surface area (Å²) >= 11 is 1.75. The third-order valence-electron chi connectivity index (χ3n) is 2.87. The fourth-order valence-corrected chi connectivity index (χ4v) is 2.93. The second kappa shape index (κ2) is 4.34. The second-order valence-electron chi connectivity index (χ2n) is 5.38. The maximum atomic E-state index is 5.44. The minimum Gasteiger partial charge on any atom is -0.377 e. The summed E-state index contributed by atoms with van der Waals surface area (Å²) in [6.07, 6.45) is 0. The largest absolute Gasteiger partial charge is 0.377 e. The number of morpholine rings is 1. The smallest absolute Gasteiger partial charge is 0.185 e. The molecule has 0 aliphatic carbocycles. The van der Waals surface area contributed by atoms with Crippen molar-refractivity contribution in [3.63, 3.8) is 0 Å². The highest BCUT2D eigenvalue weighted by atomic mass is 32.1. The van der Waals surface area contributed by atoms with Crippen LogP contribution in [0.5, 0.6) is 0 Å². The van der Waals surface area contributed by atoms with E-state index in [0.717, 1.165) is 24.9 Å². The van der Waals surface area contributed by atoms with Crippen LogP contribution in [0.2, 0.25) is 0 Å². The first kappa shape index (κ1) is 11.9. The lowest BCUT2D eigenvalue weighted by atomic mass is 9.93. The molecule has 0 N–H and O–H groups in total. The number of hydrogen-bond donors (Lipinski definition) is 0. The van der Waals surface area contributed by atoms with E-state index in [1.54, 1.807) is 11.3 Å². The van der Waals surface area contributed by atoms with E-state index in [4.69, 9.17) is 9.72 Å². The van der Waals surface area contributed by atoms with Crippen LogP contribution in [0.15, 0.2) is 5.38 Å². The van der Waals surface area contributed by atoms with Crippen LogP contribution in [0.25, 0.3) is 0 Å². The van der Waals surface area contributed by atoms with Crippen molar-refractivity contribution >= 4 is 16.5 Å². The topological polar surface area (TPSA) is 25.4 Å². The maximum Gasteiger partial charge on any atom is 0.185 e. The van der Waals surface area contributed by atoms with Crippen LogP contribution in [0.1, 0.15) is 33.4 Å². The Morgan fingerprint density at radius 2 is 2.25 bits per heavy atom. The van der Waals surface area contributed by atoms with Gasteiger partial charge in [0.2, 0.25) is 0 Å². The first-order valence-corrected chi connectivity index (χ1v) is 6.67. The van der Waals surface area contributed by atoms with Gasteiger partial charge in [-0.3, -0.25) is 0 Å². The van der Waals surface area contributed by atoms with Crippen LogP contribution < -0.4 is 4.90 Å². The van der Waals surface area contributed by atoms with Gasteiger partial charge in [0.25, 0.3) is 0 Å². The summed E-state index contributed by atoms with van der Waals surface area (Å²) in [7, 11) is 0. The lowest BCUT2D eigenvalue weighted by Crippen LogP contribution is -2.43.